The second-order valence-corrected chi connectivity index (χ2v) is 8.96. The molecule has 1 nitrogen and oxygen atoms in total. The lowest BCUT2D eigenvalue weighted by atomic mass is 10.1. The molecule has 0 aliphatic heterocycles. The van der Waals surface area contributed by atoms with Gasteiger partial charge in [0.2, 0.25) is 0 Å². The van der Waals surface area contributed by atoms with Crippen LogP contribution in [0, 0.1) is 5.82 Å². The monoisotopic (exact) mass is 447 g/mol. The molecule has 1 unspecified atom stereocenters. The first-order valence-electron chi connectivity index (χ1n) is 6.45. The Labute approximate surface area is 147 Å². The molecule has 0 spiro atoms. The molecule has 110 valence electrons. The number of hydrogen-bond acceptors (Lipinski definition) is 3. The lowest BCUT2D eigenvalue weighted by Gasteiger charge is -2.14. The molecule has 0 fully saturated rings. The molecule has 0 saturated carbocycles. The Balaban J connectivity index is 2.06. The summed E-state index contributed by atoms with van der Waals surface area (Å²) in [5.41, 5.74) is 0. The van der Waals surface area contributed by atoms with E-state index in [0.29, 0.717) is 0 Å². The maximum absolute atomic E-state index is 13.4. The first kappa shape index (κ1) is 15.6. The van der Waals surface area contributed by atoms with Crippen LogP contribution in [0.15, 0.2) is 38.6 Å². The van der Waals surface area contributed by atoms with E-state index in [2.05, 4.69) is 56.2 Å². The fourth-order valence-electron chi connectivity index (χ4n) is 2.22. The zero-order valence-electron chi connectivity index (χ0n) is 11.1. The van der Waals surface area contributed by atoms with Gasteiger partial charge in [0.15, 0.2) is 0 Å². The van der Waals surface area contributed by atoms with Crippen LogP contribution >= 0.6 is 54.5 Å². The lowest BCUT2D eigenvalue weighted by molar-refractivity contribution is 0.630. The molecule has 3 aromatic rings. The third-order valence-corrected chi connectivity index (χ3v) is 7.63. The second kappa shape index (κ2) is 6.46. The van der Waals surface area contributed by atoms with Gasteiger partial charge in [-0.25, -0.2) is 4.39 Å². The second-order valence-electron chi connectivity index (χ2n) is 4.59. The molecule has 0 radical (unpaired) electrons. The van der Waals surface area contributed by atoms with Crippen molar-refractivity contribution < 1.29 is 4.39 Å². The molecule has 3 rings (SSSR count). The van der Waals surface area contributed by atoms with Crippen LogP contribution in [0.25, 0.3) is 10.1 Å². The van der Waals surface area contributed by atoms with Crippen molar-refractivity contribution in [1.82, 2.24) is 5.32 Å². The van der Waals surface area contributed by atoms with Gasteiger partial charge in [-0.05, 0) is 68.1 Å². The third kappa shape index (κ3) is 3.24. The van der Waals surface area contributed by atoms with Crippen LogP contribution in [0.1, 0.15) is 22.7 Å². The van der Waals surface area contributed by atoms with E-state index in [4.69, 9.17) is 0 Å². The minimum atomic E-state index is -0.183. The normalized spacial score (nSPS) is 13.0. The Bertz CT molecular complexity index is 762. The van der Waals surface area contributed by atoms with Crippen molar-refractivity contribution >= 4 is 64.6 Å². The van der Waals surface area contributed by atoms with Gasteiger partial charge in [-0.15, -0.1) is 22.7 Å². The Morgan fingerprint density at radius 3 is 2.57 bits per heavy atom. The van der Waals surface area contributed by atoms with E-state index in [9.17, 15) is 4.39 Å². The summed E-state index contributed by atoms with van der Waals surface area (Å²) in [5, 5.41) is 4.61. The average Bonchev–Trinajstić information content (AvgIpc) is 2.99. The molecule has 0 aliphatic carbocycles. The molecule has 1 atom stereocenters. The van der Waals surface area contributed by atoms with E-state index in [1.54, 1.807) is 28.7 Å². The van der Waals surface area contributed by atoms with Gasteiger partial charge in [0, 0.05) is 18.9 Å². The van der Waals surface area contributed by atoms with Gasteiger partial charge in [-0.3, -0.25) is 0 Å². The number of rotatable bonds is 4. The van der Waals surface area contributed by atoms with E-state index >= 15 is 0 Å². The highest BCUT2D eigenvalue weighted by Crippen LogP contribution is 2.40. The van der Waals surface area contributed by atoms with Gasteiger partial charge >= 0.3 is 0 Å². The molecule has 6 heteroatoms. The summed E-state index contributed by atoms with van der Waals surface area (Å²) in [7, 11) is 0. The number of nitrogens with one attached hydrogen (secondary N) is 1. The summed E-state index contributed by atoms with van der Waals surface area (Å²) in [6.07, 6.45) is 0. The molecule has 2 heterocycles. The van der Waals surface area contributed by atoms with Crippen LogP contribution in [0.4, 0.5) is 4.39 Å². The van der Waals surface area contributed by atoms with Gasteiger partial charge in [-0.1, -0.05) is 13.0 Å². The highest BCUT2D eigenvalue weighted by Gasteiger charge is 2.19. The molecule has 0 amide bonds. The van der Waals surface area contributed by atoms with E-state index in [1.807, 2.05) is 6.07 Å². The SMILES string of the molecule is CCNC(c1cc(Br)c(Br)s1)c1cc2ccc(F)cc2s1. The minimum absolute atomic E-state index is 0.142. The molecule has 2 aromatic heterocycles. The maximum Gasteiger partial charge on any atom is 0.124 e. The van der Waals surface area contributed by atoms with Crippen molar-refractivity contribution in [2.45, 2.75) is 13.0 Å². The molecule has 0 aliphatic rings. The first-order chi connectivity index (χ1) is 10.1. The van der Waals surface area contributed by atoms with E-state index in [0.717, 1.165) is 24.9 Å². The van der Waals surface area contributed by atoms with Gasteiger partial charge in [0.1, 0.15) is 5.82 Å². The van der Waals surface area contributed by atoms with Crippen molar-refractivity contribution in [2.24, 2.45) is 0 Å². The summed E-state index contributed by atoms with van der Waals surface area (Å²) >= 11 is 10.4. The smallest absolute Gasteiger partial charge is 0.124 e. The Kier molecular flexibility index (Phi) is 4.81. The van der Waals surface area contributed by atoms with Crippen LogP contribution in [-0.4, -0.2) is 6.54 Å². The average molecular weight is 449 g/mol. The molecule has 1 aromatic carbocycles. The van der Waals surface area contributed by atoms with Gasteiger partial charge in [-0.2, -0.15) is 0 Å². The fourth-order valence-corrected chi connectivity index (χ4v) is 5.66. The van der Waals surface area contributed by atoms with Gasteiger partial charge < -0.3 is 5.32 Å². The van der Waals surface area contributed by atoms with Crippen LogP contribution < -0.4 is 5.32 Å². The molecule has 1 N–H and O–H groups in total. The number of thiophene rings is 2. The van der Waals surface area contributed by atoms with Gasteiger partial charge in [0.25, 0.3) is 0 Å². The highest BCUT2D eigenvalue weighted by molar-refractivity contribution is 9.13. The number of hydrogen-bond donors (Lipinski definition) is 1. The van der Waals surface area contributed by atoms with E-state index < -0.39 is 0 Å². The molecule has 0 bridgehead atoms. The topological polar surface area (TPSA) is 12.0 Å². The summed E-state index contributed by atoms with van der Waals surface area (Å²) in [5.74, 6) is -0.183. The summed E-state index contributed by atoms with van der Waals surface area (Å²) in [4.78, 5) is 2.45. The summed E-state index contributed by atoms with van der Waals surface area (Å²) in [6.45, 7) is 2.97. The standard InChI is InChI=1S/C15H12Br2FNS2/c1-2-19-14(13-7-10(16)15(17)21-13)12-5-8-3-4-9(18)6-11(8)20-12/h3-7,14,19H,2H2,1H3. The van der Waals surface area contributed by atoms with Crippen LogP contribution in [0.5, 0.6) is 0 Å². The van der Waals surface area contributed by atoms with Crippen LogP contribution in [-0.2, 0) is 0 Å². The van der Waals surface area contributed by atoms with E-state index in [-0.39, 0.29) is 11.9 Å². The third-order valence-electron chi connectivity index (χ3n) is 3.14. The fraction of sp³-hybridized carbons (Fsp3) is 0.200. The van der Waals surface area contributed by atoms with E-state index in [1.165, 1.54) is 15.8 Å². The minimum Gasteiger partial charge on any atom is -0.305 e. The van der Waals surface area contributed by atoms with Crippen molar-refractivity contribution in [3.8, 4) is 0 Å². The molecular formula is C15H12Br2FNS2. The number of fused-ring (bicyclic) bond motifs is 1. The summed E-state index contributed by atoms with van der Waals surface area (Å²) < 4.78 is 16.5. The van der Waals surface area contributed by atoms with Crippen molar-refractivity contribution in [2.75, 3.05) is 6.54 Å². The zero-order valence-corrected chi connectivity index (χ0v) is 15.9. The predicted octanol–water partition coefficient (Wildman–Crippen LogP) is 6.33. The molecular weight excluding hydrogens is 437 g/mol. The predicted molar refractivity (Wildman–Crippen MR) is 97.0 cm³/mol. The molecule has 21 heavy (non-hydrogen) atoms. The number of halogens is 3. The Morgan fingerprint density at radius 1 is 1.14 bits per heavy atom. The lowest BCUT2D eigenvalue weighted by Crippen LogP contribution is -2.20. The Morgan fingerprint density at radius 2 is 1.90 bits per heavy atom. The van der Waals surface area contributed by atoms with Gasteiger partial charge in [0.05, 0.1) is 9.83 Å². The maximum atomic E-state index is 13.4. The van der Waals surface area contributed by atoms with Crippen molar-refractivity contribution in [3.05, 3.63) is 54.2 Å². The van der Waals surface area contributed by atoms with Crippen LogP contribution in [0.3, 0.4) is 0 Å². The zero-order chi connectivity index (χ0) is 15.0. The van der Waals surface area contributed by atoms with Crippen molar-refractivity contribution in [1.29, 1.82) is 0 Å². The van der Waals surface area contributed by atoms with Crippen LogP contribution in [0.2, 0.25) is 0 Å². The van der Waals surface area contributed by atoms with Crippen molar-refractivity contribution in [3.63, 3.8) is 0 Å². The first-order valence-corrected chi connectivity index (χ1v) is 9.67. The number of benzene rings is 1. The quantitative estimate of drug-likeness (QED) is 0.491. The highest BCUT2D eigenvalue weighted by atomic mass is 79.9. The summed E-state index contributed by atoms with van der Waals surface area (Å²) in [6, 6.07) is 9.38. The largest absolute Gasteiger partial charge is 0.305 e. The Hall–Kier alpha value is -0.270. The molecule has 0 saturated heterocycles.